The fourth-order valence-electron chi connectivity index (χ4n) is 0.717. The Morgan fingerprint density at radius 3 is 2.33 bits per heavy atom. The lowest BCUT2D eigenvalue weighted by Crippen LogP contribution is -2.25. The van der Waals surface area contributed by atoms with Crippen LogP contribution >= 0.6 is 0 Å². The lowest BCUT2D eigenvalue weighted by Gasteiger charge is -2.09. The zero-order valence-electron chi connectivity index (χ0n) is 8.21. The first kappa shape index (κ1) is 11.9. The first-order valence-electron chi connectivity index (χ1n) is 4.72. The average Bonchev–Trinajstić information content (AvgIpc) is 2.10. The van der Waals surface area contributed by atoms with E-state index < -0.39 is 0 Å². The van der Waals surface area contributed by atoms with Crippen LogP contribution in [0.1, 0.15) is 26.7 Å². The van der Waals surface area contributed by atoms with Crippen molar-refractivity contribution in [2.45, 2.75) is 32.7 Å². The van der Waals surface area contributed by atoms with Gasteiger partial charge in [0.15, 0.2) is 0 Å². The molecule has 0 aromatic rings. The first-order valence-corrected chi connectivity index (χ1v) is 4.72. The Kier molecular flexibility index (Phi) is 8.88. The van der Waals surface area contributed by atoms with Crippen molar-refractivity contribution in [2.75, 3.05) is 26.4 Å². The van der Waals surface area contributed by atoms with Crippen LogP contribution in [0.5, 0.6) is 0 Å². The maximum atomic E-state index is 5.65. The second kappa shape index (κ2) is 8.97. The molecular weight excluding hydrogens is 154 g/mol. The summed E-state index contributed by atoms with van der Waals surface area (Å²) in [7, 11) is 0. The quantitative estimate of drug-likeness (QED) is 0.563. The lowest BCUT2D eigenvalue weighted by atomic mass is 10.3. The van der Waals surface area contributed by atoms with Crippen LogP contribution < -0.4 is 5.73 Å². The number of rotatable bonds is 8. The van der Waals surface area contributed by atoms with E-state index in [1.165, 1.54) is 0 Å². The Labute approximate surface area is 75.2 Å². The summed E-state index contributed by atoms with van der Waals surface area (Å²) in [6.07, 6.45) is 2.03. The molecule has 0 saturated heterocycles. The molecule has 1 atom stereocenters. The highest BCUT2D eigenvalue weighted by atomic mass is 16.5. The van der Waals surface area contributed by atoms with E-state index in [2.05, 4.69) is 13.8 Å². The molecule has 0 saturated carbocycles. The fraction of sp³-hybridized carbons (Fsp3) is 1.00. The minimum Gasteiger partial charge on any atom is -0.379 e. The summed E-state index contributed by atoms with van der Waals surface area (Å²) in [4.78, 5) is 0. The molecule has 0 aliphatic rings. The van der Waals surface area contributed by atoms with Gasteiger partial charge in [-0.1, -0.05) is 13.8 Å². The Morgan fingerprint density at radius 1 is 1.08 bits per heavy atom. The Hall–Kier alpha value is -0.120. The lowest BCUT2D eigenvalue weighted by molar-refractivity contribution is 0.0426. The number of hydrogen-bond donors (Lipinski definition) is 1. The van der Waals surface area contributed by atoms with E-state index in [0.29, 0.717) is 19.8 Å². The molecule has 2 N–H and O–H groups in total. The summed E-state index contributed by atoms with van der Waals surface area (Å²) in [6, 6.07) is 0.177. The maximum absolute atomic E-state index is 5.65. The van der Waals surface area contributed by atoms with Crippen LogP contribution in [-0.2, 0) is 9.47 Å². The molecule has 0 aliphatic heterocycles. The van der Waals surface area contributed by atoms with Gasteiger partial charge in [-0.05, 0) is 12.8 Å². The smallest absolute Gasteiger partial charge is 0.0701 e. The molecule has 12 heavy (non-hydrogen) atoms. The van der Waals surface area contributed by atoms with E-state index in [-0.39, 0.29) is 6.04 Å². The molecular formula is C9H21NO2. The topological polar surface area (TPSA) is 44.5 Å². The summed E-state index contributed by atoms with van der Waals surface area (Å²) in [5.74, 6) is 0. The SMILES string of the molecule is CCCOCCOCC(N)CC. The van der Waals surface area contributed by atoms with Gasteiger partial charge in [-0.15, -0.1) is 0 Å². The van der Waals surface area contributed by atoms with Crippen LogP contribution in [0.25, 0.3) is 0 Å². The van der Waals surface area contributed by atoms with Gasteiger partial charge in [-0.2, -0.15) is 0 Å². The van der Waals surface area contributed by atoms with Gasteiger partial charge in [0.25, 0.3) is 0 Å². The molecule has 1 unspecified atom stereocenters. The summed E-state index contributed by atoms with van der Waals surface area (Å²) < 4.78 is 10.5. The van der Waals surface area contributed by atoms with Crippen molar-refractivity contribution < 1.29 is 9.47 Å². The normalized spacial score (nSPS) is 13.2. The highest BCUT2D eigenvalue weighted by Gasteiger charge is 1.97. The van der Waals surface area contributed by atoms with Crippen molar-refractivity contribution in [3.05, 3.63) is 0 Å². The van der Waals surface area contributed by atoms with Gasteiger partial charge >= 0.3 is 0 Å². The monoisotopic (exact) mass is 175 g/mol. The molecule has 0 heterocycles. The molecule has 0 aromatic carbocycles. The van der Waals surface area contributed by atoms with E-state index in [4.69, 9.17) is 15.2 Å². The van der Waals surface area contributed by atoms with Crippen LogP contribution in [-0.4, -0.2) is 32.5 Å². The third-order valence-corrected chi connectivity index (χ3v) is 1.58. The van der Waals surface area contributed by atoms with Crippen LogP contribution in [0, 0.1) is 0 Å². The van der Waals surface area contributed by atoms with E-state index in [1.807, 2.05) is 0 Å². The van der Waals surface area contributed by atoms with Crippen molar-refractivity contribution in [3.63, 3.8) is 0 Å². The van der Waals surface area contributed by atoms with Crippen LogP contribution in [0.3, 0.4) is 0 Å². The molecule has 0 amide bonds. The van der Waals surface area contributed by atoms with Crippen LogP contribution in [0.2, 0.25) is 0 Å². The first-order chi connectivity index (χ1) is 5.81. The van der Waals surface area contributed by atoms with Crippen molar-refractivity contribution in [1.29, 1.82) is 0 Å². The van der Waals surface area contributed by atoms with Crippen molar-refractivity contribution >= 4 is 0 Å². The highest BCUT2D eigenvalue weighted by Crippen LogP contribution is 1.88. The molecule has 0 bridgehead atoms. The number of ether oxygens (including phenoxy) is 2. The van der Waals surface area contributed by atoms with Gasteiger partial charge in [0.05, 0.1) is 19.8 Å². The van der Waals surface area contributed by atoms with E-state index in [0.717, 1.165) is 19.4 Å². The average molecular weight is 175 g/mol. The second-order valence-corrected chi connectivity index (χ2v) is 2.86. The molecule has 0 aromatic heterocycles. The Morgan fingerprint density at radius 2 is 1.75 bits per heavy atom. The standard InChI is InChI=1S/C9H21NO2/c1-3-5-11-6-7-12-8-9(10)4-2/h9H,3-8,10H2,1-2H3. The molecule has 0 radical (unpaired) electrons. The molecule has 0 fully saturated rings. The predicted molar refractivity (Wildman–Crippen MR) is 50.2 cm³/mol. The number of nitrogens with two attached hydrogens (primary N) is 1. The van der Waals surface area contributed by atoms with Crippen LogP contribution in [0.15, 0.2) is 0 Å². The van der Waals surface area contributed by atoms with Gasteiger partial charge in [-0.25, -0.2) is 0 Å². The fourth-order valence-corrected chi connectivity index (χ4v) is 0.717. The van der Waals surface area contributed by atoms with Gasteiger partial charge in [0, 0.05) is 12.6 Å². The van der Waals surface area contributed by atoms with Crippen LogP contribution in [0.4, 0.5) is 0 Å². The van der Waals surface area contributed by atoms with Gasteiger partial charge in [0.2, 0.25) is 0 Å². The molecule has 0 spiro atoms. The predicted octanol–water partition coefficient (Wildman–Crippen LogP) is 1.17. The highest BCUT2D eigenvalue weighted by molar-refractivity contribution is 4.54. The molecule has 3 heteroatoms. The third kappa shape index (κ3) is 7.98. The minimum absolute atomic E-state index is 0.177. The molecule has 74 valence electrons. The van der Waals surface area contributed by atoms with E-state index >= 15 is 0 Å². The second-order valence-electron chi connectivity index (χ2n) is 2.86. The van der Waals surface area contributed by atoms with Crippen molar-refractivity contribution in [1.82, 2.24) is 0 Å². The summed E-state index contributed by atoms with van der Waals surface area (Å²) in [6.45, 7) is 6.96. The molecule has 0 rings (SSSR count). The van der Waals surface area contributed by atoms with Gasteiger partial charge in [0.1, 0.15) is 0 Å². The largest absolute Gasteiger partial charge is 0.379 e. The van der Waals surface area contributed by atoms with Crippen molar-refractivity contribution in [3.8, 4) is 0 Å². The summed E-state index contributed by atoms with van der Waals surface area (Å²) in [5.41, 5.74) is 5.65. The zero-order chi connectivity index (χ0) is 9.23. The maximum Gasteiger partial charge on any atom is 0.0701 e. The molecule has 3 nitrogen and oxygen atoms in total. The van der Waals surface area contributed by atoms with Gasteiger partial charge < -0.3 is 15.2 Å². The molecule has 0 aliphatic carbocycles. The van der Waals surface area contributed by atoms with Gasteiger partial charge in [-0.3, -0.25) is 0 Å². The third-order valence-electron chi connectivity index (χ3n) is 1.58. The van der Waals surface area contributed by atoms with Crippen molar-refractivity contribution in [2.24, 2.45) is 5.73 Å². The Balaban J connectivity index is 2.90. The van der Waals surface area contributed by atoms with E-state index in [1.54, 1.807) is 0 Å². The summed E-state index contributed by atoms with van der Waals surface area (Å²) in [5, 5.41) is 0. The zero-order valence-corrected chi connectivity index (χ0v) is 8.21. The van der Waals surface area contributed by atoms with E-state index in [9.17, 15) is 0 Å². The minimum atomic E-state index is 0.177. The Bertz CT molecular complexity index is 88.6. The number of hydrogen-bond acceptors (Lipinski definition) is 3. The summed E-state index contributed by atoms with van der Waals surface area (Å²) >= 11 is 0.